The van der Waals surface area contributed by atoms with Gasteiger partial charge in [0.15, 0.2) is 5.78 Å². The van der Waals surface area contributed by atoms with E-state index in [1.807, 2.05) is 6.92 Å². The normalized spacial score (nSPS) is 7.60. The van der Waals surface area contributed by atoms with Gasteiger partial charge in [-0.25, -0.2) is 0 Å². The summed E-state index contributed by atoms with van der Waals surface area (Å²) in [4.78, 5) is 19.4. The second-order valence-corrected chi connectivity index (χ2v) is 1.92. The fourth-order valence-electron chi connectivity index (χ4n) is 0. The van der Waals surface area contributed by atoms with E-state index in [-0.39, 0.29) is 18.2 Å². The molecule has 1 N–H and O–H groups in total. The smallest absolute Gasteiger partial charge is 0.155 e. The lowest BCUT2D eigenvalue weighted by Gasteiger charge is -1.72. The van der Waals surface area contributed by atoms with Gasteiger partial charge in [0.2, 0.25) is 0 Å². The predicted molar refractivity (Wildman–Crippen MR) is 38.7 cm³/mol. The molecule has 10 heavy (non-hydrogen) atoms. The van der Waals surface area contributed by atoms with Gasteiger partial charge in [0.25, 0.3) is 0 Å². The van der Waals surface area contributed by atoms with Crippen molar-refractivity contribution in [2.75, 3.05) is 6.61 Å². The van der Waals surface area contributed by atoms with Crippen molar-refractivity contribution in [3.05, 3.63) is 0 Å². The lowest BCUT2D eigenvalue weighted by molar-refractivity contribution is -0.119. The molecule has 0 fully saturated rings. The van der Waals surface area contributed by atoms with Crippen LogP contribution in [0.3, 0.4) is 0 Å². The van der Waals surface area contributed by atoms with E-state index in [1.165, 1.54) is 6.92 Å². The Hall–Kier alpha value is -0.700. The first kappa shape index (κ1) is 12.0. The summed E-state index contributed by atoms with van der Waals surface area (Å²) in [6, 6.07) is 0. The van der Waals surface area contributed by atoms with Gasteiger partial charge in [-0.05, 0) is 13.8 Å². The van der Waals surface area contributed by atoms with Crippen LogP contribution in [-0.2, 0) is 9.59 Å². The third kappa shape index (κ3) is 26.6. The second-order valence-electron chi connectivity index (χ2n) is 1.92. The highest BCUT2D eigenvalue weighted by atomic mass is 16.3. The van der Waals surface area contributed by atoms with E-state index in [9.17, 15) is 9.59 Å². The van der Waals surface area contributed by atoms with E-state index in [0.29, 0.717) is 6.42 Å². The van der Waals surface area contributed by atoms with Gasteiger partial charge in [-0.2, -0.15) is 0 Å². The standard InChI is InChI=1S/C4H8O.C3H6O2/c1-3-4(2)5;1-3(5)2-4/h3H2,1-2H3;4H,2H2,1H3. The van der Waals surface area contributed by atoms with Crippen molar-refractivity contribution in [2.45, 2.75) is 27.2 Å². The first-order chi connectivity index (χ1) is 4.54. The number of hydrogen-bond donors (Lipinski definition) is 1. The van der Waals surface area contributed by atoms with Crippen molar-refractivity contribution in [3.8, 4) is 0 Å². The molecule has 0 heterocycles. The number of aliphatic hydroxyl groups is 1. The fraction of sp³-hybridized carbons (Fsp3) is 0.714. The molecule has 0 aliphatic carbocycles. The van der Waals surface area contributed by atoms with Crippen LogP contribution in [0.4, 0.5) is 0 Å². The number of aliphatic hydroxyl groups excluding tert-OH is 1. The molecule has 0 aromatic carbocycles. The number of ketones is 2. The van der Waals surface area contributed by atoms with Crippen molar-refractivity contribution in [1.29, 1.82) is 0 Å². The summed E-state index contributed by atoms with van der Waals surface area (Å²) < 4.78 is 0. The predicted octanol–water partition coefficient (Wildman–Crippen LogP) is 0.553. The molecule has 3 nitrogen and oxygen atoms in total. The van der Waals surface area contributed by atoms with Crippen molar-refractivity contribution in [1.82, 2.24) is 0 Å². The van der Waals surface area contributed by atoms with Gasteiger partial charge in [0.1, 0.15) is 12.4 Å². The minimum absolute atomic E-state index is 0.190. The Morgan fingerprint density at radius 2 is 1.40 bits per heavy atom. The minimum Gasteiger partial charge on any atom is -0.389 e. The third-order valence-electron chi connectivity index (χ3n) is 0.721. The summed E-state index contributed by atoms with van der Waals surface area (Å²) >= 11 is 0. The molecule has 0 atom stereocenters. The Bertz CT molecular complexity index is 93.4. The van der Waals surface area contributed by atoms with Crippen LogP contribution in [-0.4, -0.2) is 23.3 Å². The Morgan fingerprint density at radius 3 is 1.40 bits per heavy atom. The molecule has 0 unspecified atom stereocenters. The maximum absolute atomic E-state index is 9.81. The molecule has 3 heteroatoms. The Balaban J connectivity index is 0. The SMILES string of the molecule is CC(=O)CO.CCC(C)=O. The maximum atomic E-state index is 9.81. The highest BCUT2D eigenvalue weighted by Gasteiger charge is 1.78. The summed E-state index contributed by atoms with van der Waals surface area (Å²) in [6.07, 6.45) is 0.667. The molecule has 0 aliphatic rings. The van der Waals surface area contributed by atoms with Crippen LogP contribution < -0.4 is 0 Å². The van der Waals surface area contributed by atoms with Crippen LogP contribution in [0, 0.1) is 0 Å². The Labute approximate surface area is 61.1 Å². The first-order valence-corrected chi connectivity index (χ1v) is 3.14. The van der Waals surface area contributed by atoms with Crippen LogP contribution in [0.15, 0.2) is 0 Å². The highest BCUT2D eigenvalue weighted by Crippen LogP contribution is 1.71. The molecular weight excluding hydrogens is 132 g/mol. The molecule has 0 aliphatic heterocycles. The molecular formula is C7H14O3. The average molecular weight is 146 g/mol. The fourth-order valence-corrected chi connectivity index (χ4v) is 0. The number of hydrogen-bond acceptors (Lipinski definition) is 3. The van der Waals surface area contributed by atoms with Crippen LogP contribution in [0.5, 0.6) is 0 Å². The van der Waals surface area contributed by atoms with E-state index in [2.05, 4.69) is 0 Å². The quantitative estimate of drug-likeness (QED) is 0.619. The van der Waals surface area contributed by atoms with E-state index < -0.39 is 0 Å². The molecule has 0 radical (unpaired) electrons. The van der Waals surface area contributed by atoms with Gasteiger partial charge >= 0.3 is 0 Å². The zero-order valence-corrected chi connectivity index (χ0v) is 6.68. The van der Waals surface area contributed by atoms with Crippen LogP contribution in [0.1, 0.15) is 27.2 Å². The van der Waals surface area contributed by atoms with Gasteiger partial charge in [-0.15, -0.1) is 0 Å². The topological polar surface area (TPSA) is 54.4 Å². The lowest BCUT2D eigenvalue weighted by Crippen LogP contribution is -1.93. The zero-order valence-electron chi connectivity index (χ0n) is 6.68. The van der Waals surface area contributed by atoms with Crippen molar-refractivity contribution < 1.29 is 14.7 Å². The van der Waals surface area contributed by atoms with E-state index >= 15 is 0 Å². The second kappa shape index (κ2) is 8.30. The van der Waals surface area contributed by atoms with Crippen molar-refractivity contribution in [2.24, 2.45) is 0 Å². The summed E-state index contributed by atoms with van der Waals surface area (Å²) in [6.45, 7) is 4.43. The van der Waals surface area contributed by atoms with Crippen LogP contribution in [0.2, 0.25) is 0 Å². The molecule has 0 aromatic heterocycles. The molecule has 0 saturated heterocycles. The summed E-state index contributed by atoms with van der Waals surface area (Å²) in [5.41, 5.74) is 0. The molecule has 0 aromatic rings. The van der Waals surface area contributed by atoms with Crippen LogP contribution in [0.25, 0.3) is 0 Å². The van der Waals surface area contributed by atoms with Crippen molar-refractivity contribution in [3.63, 3.8) is 0 Å². The number of rotatable bonds is 2. The lowest BCUT2D eigenvalue weighted by atomic mass is 10.4. The molecule has 60 valence electrons. The van der Waals surface area contributed by atoms with E-state index in [4.69, 9.17) is 5.11 Å². The van der Waals surface area contributed by atoms with E-state index in [0.717, 1.165) is 0 Å². The number of carbonyl (C=O) groups excluding carboxylic acids is 2. The van der Waals surface area contributed by atoms with Crippen molar-refractivity contribution >= 4 is 11.6 Å². The summed E-state index contributed by atoms with van der Waals surface area (Å²) in [5.74, 6) is 0.0648. The monoisotopic (exact) mass is 146 g/mol. The van der Waals surface area contributed by atoms with Gasteiger partial charge in [-0.3, -0.25) is 4.79 Å². The number of carbonyl (C=O) groups is 2. The van der Waals surface area contributed by atoms with Gasteiger partial charge in [0.05, 0.1) is 0 Å². The molecule has 0 spiro atoms. The average Bonchev–Trinajstić information content (AvgIpc) is 1.89. The largest absolute Gasteiger partial charge is 0.389 e. The van der Waals surface area contributed by atoms with E-state index in [1.54, 1.807) is 6.92 Å². The summed E-state index contributed by atoms with van der Waals surface area (Å²) in [7, 11) is 0. The molecule has 0 rings (SSSR count). The summed E-state index contributed by atoms with van der Waals surface area (Å²) in [5, 5.41) is 7.79. The first-order valence-electron chi connectivity index (χ1n) is 3.14. The zero-order chi connectivity index (χ0) is 8.57. The highest BCUT2D eigenvalue weighted by molar-refractivity contribution is 5.76. The molecule has 0 amide bonds. The minimum atomic E-state index is -0.333. The third-order valence-corrected chi connectivity index (χ3v) is 0.721. The molecule has 0 saturated carbocycles. The Morgan fingerprint density at radius 1 is 1.20 bits per heavy atom. The maximum Gasteiger partial charge on any atom is 0.155 e. The van der Waals surface area contributed by atoms with Gasteiger partial charge in [-0.1, -0.05) is 6.92 Å². The Kier molecular flexibility index (Phi) is 9.98. The van der Waals surface area contributed by atoms with Gasteiger partial charge < -0.3 is 9.90 Å². The number of Topliss-reactive ketones (excluding diaryl/α,β-unsaturated/α-hetero) is 2. The molecule has 0 bridgehead atoms. The van der Waals surface area contributed by atoms with Gasteiger partial charge in [0, 0.05) is 6.42 Å². The van der Waals surface area contributed by atoms with Crippen LogP contribution >= 0.6 is 0 Å².